The smallest absolute Gasteiger partial charge is 0.321 e. The van der Waals surface area contributed by atoms with E-state index in [0.29, 0.717) is 17.7 Å². The summed E-state index contributed by atoms with van der Waals surface area (Å²) < 4.78 is 25.9. The molecule has 3 atom stereocenters. The molecule has 0 amide bonds. The maximum atomic E-state index is 13.5. The van der Waals surface area contributed by atoms with Crippen molar-refractivity contribution in [2.45, 2.75) is 38.8 Å². The van der Waals surface area contributed by atoms with Gasteiger partial charge in [0.05, 0.1) is 19.0 Å². The second-order valence-corrected chi connectivity index (χ2v) is 7.71. The van der Waals surface area contributed by atoms with Crippen molar-refractivity contribution in [2.75, 3.05) is 13.7 Å². The highest BCUT2D eigenvalue weighted by atomic mass is 31.2. The molecule has 1 N–H and O–H groups in total. The lowest BCUT2D eigenvalue weighted by atomic mass is 10.1. The van der Waals surface area contributed by atoms with Crippen LogP contribution in [0, 0.1) is 0 Å². The molecule has 0 spiro atoms. The molecule has 1 aliphatic heterocycles. The van der Waals surface area contributed by atoms with Gasteiger partial charge in [-0.25, -0.2) is 4.67 Å². The lowest BCUT2D eigenvalue weighted by molar-refractivity contribution is -0.141. The lowest BCUT2D eigenvalue weighted by Gasteiger charge is -2.36. The molecule has 1 aliphatic rings. The summed E-state index contributed by atoms with van der Waals surface area (Å²) in [5, 5.41) is 9.86. The van der Waals surface area contributed by atoms with Crippen LogP contribution in [0.5, 0.6) is 5.75 Å². The molecule has 0 aromatic heterocycles. The van der Waals surface area contributed by atoms with Gasteiger partial charge >= 0.3 is 13.5 Å². The minimum absolute atomic E-state index is 0.137. The molecule has 1 saturated heterocycles. The Bertz CT molecular complexity index is 574. The van der Waals surface area contributed by atoms with E-state index in [-0.39, 0.29) is 6.04 Å². The molecule has 0 aliphatic carbocycles. The van der Waals surface area contributed by atoms with E-state index in [1.807, 2.05) is 6.92 Å². The predicted molar refractivity (Wildman–Crippen MR) is 83.8 cm³/mol. The first-order chi connectivity index (χ1) is 10.4. The summed E-state index contributed by atoms with van der Waals surface area (Å²) in [6.07, 6.45) is 1.50. The third-order valence-electron chi connectivity index (χ3n) is 3.94. The summed E-state index contributed by atoms with van der Waals surface area (Å²) in [5.74, 6) is -0.359. The molecule has 22 heavy (non-hydrogen) atoms. The van der Waals surface area contributed by atoms with E-state index in [9.17, 15) is 14.5 Å². The number of hydrogen-bond acceptors (Lipinski definition) is 4. The molecule has 6 nitrogen and oxygen atoms in total. The van der Waals surface area contributed by atoms with Gasteiger partial charge in [0.25, 0.3) is 0 Å². The molecule has 1 fully saturated rings. The van der Waals surface area contributed by atoms with Crippen molar-refractivity contribution in [1.82, 2.24) is 4.67 Å². The van der Waals surface area contributed by atoms with E-state index in [2.05, 4.69) is 0 Å². The van der Waals surface area contributed by atoms with Crippen LogP contribution in [0.3, 0.4) is 0 Å². The minimum Gasteiger partial charge on any atom is -0.497 e. The number of methoxy groups -OCH3 is 1. The van der Waals surface area contributed by atoms with Crippen molar-refractivity contribution >= 4 is 18.8 Å². The summed E-state index contributed by atoms with van der Waals surface area (Å²) in [6.45, 7) is 3.80. The fraction of sp³-hybridized carbons (Fsp3) is 0.533. The molecule has 0 bridgehead atoms. The minimum atomic E-state index is -3.42. The van der Waals surface area contributed by atoms with E-state index in [4.69, 9.17) is 9.26 Å². The summed E-state index contributed by atoms with van der Waals surface area (Å²) in [5.41, 5.74) is 0. The summed E-state index contributed by atoms with van der Waals surface area (Å²) in [4.78, 5) is 11.4. The van der Waals surface area contributed by atoms with Gasteiger partial charge in [-0.3, -0.25) is 9.36 Å². The molecule has 2 rings (SSSR count). The number of nitrogens with zero attached hydrogens (tertiary/aromatic N) is 1. The maximum absolute atomic E-state index is 13.5. The van der Waals surface area contributed by atoms with Gasteiger partial charge in [-0.05, 0) is 51.0 Å². The van der Waals surface area contributed by atoms with E-state index in [1.54, 1.807) is 38.3 Å². The number of ether oxygens (including phenoxy) is 1. The van der Waals surface area contributed by atoms with Crippen LogP contribution in [0.1, 0.15) is 26.7 Å². The molecule has 3 unspecified atom stereocenters. The van der Waals surface area contributed by atoms with Crippen molar-refractivity contribution in [2.24, 2.45) is 0 Å². The Morgan fingerprint density at radius 1 is 1.45 bits per heavy atom. The highest BCUT2D eigenvalue weighted by Gasteiger charge is 2.44. The van der Waals surface area contributed by atoms with Gasteiger partial charge in [0.15, 0.2) is 0 Å². The Labute approximate surface area is 130 Å². The number of benzene rings is 1. The Morgan fingerprint density at radius 2 is 2.09 bits per heavy atom. The number of carboxylic acids is 1. The normalized spacial score (nSPS) is 27.9. The maximum Gasteiger partial charge on any atom is 0.321 e. The molecule has 0 saturated carbocycles. The molecule has 122 valence electrons. The van der Waals surface area contributed by atoms with Gasteiger partial charge in [-0.2, -0.15) is 0 Å². The van der Waals surface area contributed by atoms with Crippen molar-refractivity contribution < 1.29 is 23.7 Å². The topological polar surface area (TPSA) is 76.1 Å². The molecule has 0 radical (unpaired) electrons. The summed E-state index contributed by atoms with van der Waals surface area (Å²) >= 11 is 0. The van der Waals surface area contributed by atoms with Gasteiger partial charge < -0.3 is 14.4 Å². The zero-order valence-electron chi connectivity index (χ0n) is 13.1. The molecule has 7 heteroatoms. The lowest BCUT2D eigenvalue weighted by Crippen LogP contribution is -2.43. The van der Waals surface area contributed by atoms with E-state index < -0.39 is 19.5 Å². The standard InChI is InChI=1S/C15H22NO5P/c1-11-5-4-10-21-22(19,16(11)12(2)15(17)18)14-8-6-13(20-3)7-9-14/h6-9,11-12H,4-5,10H2,1-3H3,(H,17,18). The van der Waals surface area contributed by atoms with Crippen LogP contribution in [-0.2, 0) is 13.9 Å². The highest BCUT2D eigenvalue weighted by Crippen LogP contribution is 2.54. The average molecular weight is 327 g/mol. The Kier molecular flexibility index (Phi) is 5.27. The van der Waals surface area contributed by atoms with Crippen molar-refractivity contribution in [1.29, 1.82) is 0 Å². The third kappa shape index (κ3) is 3.19. The third-order valence-corrected chi connectivity index (χ3v) is 6.77. The predicted octanol–water partition coefficient (Wildman–Crippen LogP) is 2.49. The molecular formula is C15H22NO5P. The number of aliphatic carboxylic acids is 1. The SMILES string of the molecule is COc1ccc(P2(=O)OCCCC(C)N2C(C)C(=O)O)cc1. The Morgan fingerprint density at radius 3 is 2.64 bits per heavy atom. The van der Waals surface area contributed by atoms with Gasteiger partial charge in [0, 0.05) is 6.04 Å². The van der Waals surface area contributed by atoms with Gasteiger partial charge in [-0.1, -0.05) is 0 Å². The molecule has 1 aromatic rings. The van der Waals surface area contributed by atoms with Gasteiger partial charge in [0.1, 0.15) is 11.8 Å². The molecule has 1 aromatic carbocycles. The largest absolute Gasteiger partial charge is 0.497 e. The first-order valence-corrected chi connectivity index (χ1v) is 8.88. The van der Waals surface area contributed by atoms with E-state index in [0.717, 1.165) is 12.8 Å². The van der Waals surface area contributed by atoms with Crippen molar-refractivity contribution in [3.63, 3.8) is 0 Å². The monoisotopic (exact) mass is 327 g/mol. The summed E-state index contributed by atoms with van der Waals surface area (Å²) in [7, 11) is -1.86. The second-order valence-electron chi connectivity index (χ2n) is 5.44. The van der Waals surface area contributed by atoms with Gasteiger partial charge in [0.2, 0.25) is 0 Å². The van der Waals surface area contributed by atoms with Crippen LogP contribution < -0.4 is 10.0 Å². The van der Waals surface area contributed by atoms with Crippen molar-refractivity contribution in [3.8, 4) is 5.75 Å². The van der Waals surface area contributed by atoms with Gasteiger partial charge in [-0.15, -0.1) is 0 Å². The zero-order valence-corrected chi connectivity index (χ0v) is 14.0. The number of rotatable bonds is 4. The fourth-order valence-electron chi connectivity index (χ4n) is 2.73. The Balaban J connectivity index is 2.48. The first-order valence-electron chi connectivity index (χ1n) is 7.31. The van der Waals surface area contributed by atoms with E-state index >= 15 is 0 Å². The highest BCUT2D eigenvalue weighted by molar-refractivity contribution is 7.64. The number of carbonyl (C=O) groups is 1. The van der Waals surface area contributed by atoms with E-state index in [1.165, 1.54) is 4.67 Å². The van der Waals surface area contributed by atoms with Crippen LogP contribution in [0.15, 0.2) is 24.3 Å². The Hall–Kier alpha value is -1.36. The molecular weight excluding hydrogens is 305 g/mol. The quantitative estimate of drug-likeness (QED) is 0.856. The zero-order chi connectivity index (χ0) is 16.3. The first kappa shape index (κ1) is 17.0. The average Bonchev–Trinajstić information content (AvgIpc) is 2.66. The summed E-state index contributed by atoms with van der Waals surface area (Å²) in [6, 6.07) is 5.75. The second kappa shape index (κ2) is 6.82. The fourth-order valence-corrected chi connectivity index (χ4v) is 5.37. The van der Waals surface area contributed by atoms with Crippen LogP contribution in [0.4, 0.5) is 0 Å². The number of carboxylic acid groups (broad SMARTS) is 1. The van der Waals surface area contributed by atoms with Crippen LogP contribution in [0.25, 0.3) is 0 Å². The number of hydrogen-bond donors (Lipinski definition) is 1. The van der Waals surface area contributed by atoms with Crippen LogP contribution in [-0.4, -0.2) is 41.5 Å². The van der Waals surface area contributed by atoms with Crippen molar-refractivity contribution in [3.05, 3.63) is 24.3 Å². The van der Waals surface area contributed by atoms with Crippen LogP contribution in [0.2, 0.25) is 0 Å². The molecule has 1 heterocycles. The van der Waals surface area contributed by atoms with Crippen LogP contribution >= 0.6 is 7.52 Å².